The summed E-state index contributed by atoms with van der Waals surface area (Å²) >= 11 is 6.12. The van der Waals surface area contributed by atoms with E-state index >= 15 is 0 Å². The second-order valence-corrected chi connectivity index (χ2v) is 6.29. The number of hydrogen-bond acceptors (Lipinski definition) is 3. The smallest absolute Gasteiger partial charge is 0.246 e. The van der Waals surface area contributed by atoms with Crippen molar-refractivity contribution in [1.82, 2.24) is 4.90 Å². The summed E-state index contributed by atoms with van der Waals surface area (Å²) in [6.07, 6.45) is 3.37. The van der Waals surface area contributed by atoms with Gasteiger partial charge in [0, 0.05) is 24.2 Å². The number of aryl methyl sites for hydroxylation is 1. The van der Waals surface area contributed by atoms with E-state index in [1.54, 1.807) is 17.1 Å². The maximum absolute atomic E-state index is 12.5. The molecule has 0 N–H and O–H groups in total. The molecule has 4 nitrogen and oxygen atoms in total. The summed E-state index contributed by atoms with van der Waals surface area (Å²) in [5.41, 5.74) is 2.93. The molecule has 2 aromatic carbocycles. The van der Waals surface area contributed by atoms with Gasteiger partial charge >= 0.3 is 0 Å². The van der Waals surface area contributed by atoms with Crippen LogP contribution in [0, 0.1) is 6.92 Å². The molecule has 0 radical (unpaired) electrons. The van der Waals surface area contributed by atoms with Gasteiger partial charge in [-0.05, 0) is 54.8 Å². The Bertz CT molecular complexity index is 817. The molecule has 1 amide bonds. The number of likely N-dealkylation sites (N-methyl/N-ethyl adjacent to an activating group) is 1. The van der Waals surface area contributed by atoms with Crippen LogP contribution < -0.4 is 9.47 Å². The van der Waals surface area contributed by atoms with Crippen LogP contribution in [-0.4, -0.2) is 24.1 Å². The maximum atomic E-state index is 12.5. The number of carbonyl (C=O) groups excluding carboxylic acids is 1. The van der Waals surface area contributed by atoms with Crippen LogP contribution in [0.5, 0.6) is 11.5 Å². The summed E-state index contributed by atoms with van der Waals surface area (Å²) in [5.74, 6) is 1.43. The molecule has 0 saturated heterocycles. The van der Waals surface area contributed by atoms with Gasteiger partial charge in [-0.3, -0.25) is 4.79 Å². The zero-order chi connectivity index (χ0) is 17.8. The van der Waals surface area contributed by atoms with Crippen molar-refractivity contribution >= 4 is 23.6 Å². The molecule has 1 heterocycles. The topological polar surface area (TPSA) is 38.8 Å². The van der Waals surface area contributed by atoms with E-state index in [9.17, 15) is 4.79 Å². The van der Waals surface area contributed by atoms with Gasteiger partial charge in [0.15, 0.2) is 11.5 Å². The molecule has 2 aromatic rings. The largest absolute Gasteiger partial charge is 0.454 e. The van der Waals surface area contributed by atoms with Crippen molar-refractivity contribution in [1.29, 1.82) is 0 Å². The summed E-state index contributed by atoms with van der Waals surface area (Å²) < 4.78 is 10.7. The molecular formula is C20H20ClNO3. The first kappa shape index (κ1) is 17.4. The highest BCUT2D eigenvalue weighted by molar-refractivity contribution is 6.31. The van der Waals surface area contributed by atoms with E-state index in [-0.39, 0.29) is 12.7 Å². The fraction of sp³-hybridized carbons (Fsp3) is 0.250. The molecule has 0 unspecified atom stereocenters. The standard InChI is InChI=1S/C20H20ClNO3/c1-3-22(12-16-6-8-18-19(11-16)25-13-24-18)20(23)9-7-15-5-4-14(2)17(21)10-15/h4-11H,3,12-13H2,1-2H3/b9-7+. The molecule has 1 aliphatic heterocycles. The molecule has 130 valence electrons. The molecule has 3 rings (SSSR count). The van der Waals surface area contributed by atoms with Gasteiger partial charge in [-0.1, -0.05) is 29.8 Å². The monoisotopic (exact) mass is 357 g/mol. The number of halogens is 1. The lowest BCUT2D eigenvalue weighted by Crippen LogP contribution is -2.28. The zero-order valence-corrected chi connectivity index (χ0v) is 15.0. The van der Waals surface area contributed by atoms with Gasteiger partial charge in [0.1, 0.15) is 0 Å². The minimum atomic E-state index is -0.0446. The van der Waals surface area contributed by atoms with Crippen molar-refractivity contribution < 1.29 is 14.3 Å². The molecule has 0 aromatic heterocycles. The van der Waals surface area contributed by atoms with Gasteiger partial charge in [0.25, 0.3) is 0 Å². The number of hydrogen-bond donors (Lipinski definition) is 0. The second kappa shape index (κ2) is 7.62. The van der Waals surface area contributed by atoms with Crippen LogP contribution in [0.1, 0.15) is 23.6 Å². The van der Waals surface area contributed by atoms with E-state index in [1.165, 1.54) is 0 Å². The van der Waals surface area contributed by atoms with E-state index in [1.807, 2.05) is 50.2 Å². The van der Waals surface area contributed by atoms with Crippen molar-refractivity contribution in [3.8, 4) is 11.5 Å². The maximum Gasteiger partial charge on any atom is 0.246 e. The van der Waals surface area contributed by atoms with Crippen molar-refractivity contribution in [2.75, 3.05) is 13.3 Å². The number of fused-ring (bicyclic) bond motifs is 1. The van der Waals surface area contributed by atoms with E-state index in [2.05, 4.69) is 0 Å². The Hall–Kier alpha value is -2.46. The summed E-state index contributed by atoms with van der Waals surface area (Å²) in [6, 6.07) is 11.5. The third kappa shape index (κ3) is 4.15. The van der Waals surface area contributed by atoms with Crippen LogP contribution in [0.4, 0.5) is 0 Å². The van der Waals surface area contributed by atoms with E-state index < -0.39 is 0 Å². The minimum Gasteiger partial charge on any atom is -0.454 e. The number of nitrogens with zero attached hydrogens (tertiary/aromatic N) is 1. The Kier molecular flexibility index (Phi) is 5.29. The lowest BCUT2D eigenvalue weighted by atomic mass is 10.1. The molecule has 0 spiro atoms. The number of rotatable bonds is 5. The average molecular weight is 358 g/mol. The van der Waals surface area contributed by atoms with Gasteiger partial charge in [0.05, 0.1) is 0 Å². The fourth-order valence-corrected chi connectivity index (χ4v) is 2.78. The molecule has 5 heteroatoms. The van der Waals surface area contributed by atoms with Crippen LogP contribution in [0.15, 0.2) is 42.5 Å². The quantitative estimate of drug-likeness (QED) is 0.742. The Labute approximate surface area is 152 Å². The van der Waals surface area contributed by atoms with Crippen molar-refractivity contribution in [2.45, 2.75) is 20.4 Å². The number of amides is 1. The minimum absolute atomic E-state index is 0.0446. The van der Waals surface area contributed by atoms with Crippen molar-refractivity contribution in [3.63, 3.8) is 0 Å². The molecule has 0 bridgehead atoms. The number of carbonyl (C=O) groups is 1. The third-order valence-electron chi connectivity index (χ3n) is 4.12. The Balaban J connectivity index is 1.68. The third-order valence-corrected chi connectivity index (χ3v) is 4.53. The predicted octanol–water partition coefficient (Wildman–Crippen LogP) is 4.44. The van der Waals surface area contributed by atoms with Crippen LogP contribution in [0.3, 0.4) is 0 Å². The van der Waals surface area contributed by atoms with Crippen LogP contribution >= 0.6 is 11.6 Å². The molecular weight excluding hydrogens is 338 g/mol. The fourth-order valence-electron chi connectivity index (χ4n) is 2.59. The molecule has 0 aliphatic carbocycles. The highest BCUT2D eigenvalue weighted by Gasteiger charge is 2.15. The van der Waals surface area contributed by atoms with Crippen LogP contribution in [-0.2, 0) is 11.3 Å². The molecule has 25 heavy (non-hydrogen) atoms. The zero-order valence-electron chi connectivity index (χ0n) is 14.3. The Morgan fingerprint density at radius 3 is 2.76 bits per heavy atom. The molecule has 0 saturated carbocycles. The highest BCUT2D eigenvalue weighted by atomic mass is 35.5. The van der Waals surface area contributed by atoms with Crippen LogP contribution in [0.25, 0.3) is 6.08 Å². The SMILES string of the molecule is CCN(Cc1ccc2c(c1)OCO2)C(=O)/C=C/c1ccc(C)c(Cl)c1. The predicted molar refractivity (Wildman–Crippen MR) is 98.9 cm³/mol. The van der Waals surface area contributed by atoms with E-state index in [4.69, 9.17) is 21.1 Å². The van der Waals surface area contributed by atoms with Gasteiger partial charge in [-0.25, -0.2) is 0 Å². The van der Waals surface area contributed by atoms with Crippen LogP contribution in [0.2, 0.25) is 5.02 Å². The first-order valence-corrected chi connectivity index (χ1v) is 8.56. The first-order chi connectivity index (χ1) is 12.1. The summed E-state index contributed by atoms with van der Waals surface area (Å²) in [5, 5.41) is 0.697. The Morgan fingerprint density at radius 1 is 1.20 bits per heavy atom. The molecule has 0 atom stereocenters. The van der Waals surface area contributed by atoms with E-state index in [0.29, 0.717) is 18.1 Å². The summed E-state index contributed by atoms with van der Waals surface area (Å²) in [7, 11) is 0. The average Bonchev–Trinajstić information content (AvgIpc) is 3.08. The lowest BCUT2D eigenvalue weighted by molar-refractivity contribution is -0.126. The van der Waals surface area contributed by atoms with Gasteiger partial charge in [0.2, 0.25) is 12.7 Å². The highest BCUT2D eigenvalue weighted by Crippen LogP contribution is 2.32. The summed E-state index contributed by atoms with van der Waals surface area (Å²) in [4.78, 5) is 14.3. The normalized spacial score (nSPS) is 12.6. The van der Waals surface area contributed by atoms with Gasteiger partial charge in [-0.15, -0.1) is 0 Å². The Morgan fingerprint density at radius 2 is 2.00 bits per heavy atom. The van der Waals surface area contributed by atoms with Crippen molar-refractivity contribution in [3.05, 3.63) is 64.2 Å². The van der Waals surface area contributed by atoms with E-state index in [0.717, 1.165) is 28.2 Å². The molecule has 1 aliphatic rings. The van der Waals surface area contributed by atoms with Gasteiger partial charge in [-0.2, -0.15) is 0 Å². The molecule has 0 fully saturated rings. The number of ether oxygens (including phenoxy) is 2. The number of benzene rings is 2. The second-order valence-electron chi connectivity index (χ2n) is 5.88. The van der Waals surface area contributed by atoms with Crippen molar-refractivity contribution in [2.24, 2.45) is 0 Å². The lowest BCUT2D eigenvalue weighted by Gasteiger charge is -2.19. The first-order valence-electron chi connectivity index (χ1n) is 8.18. The summed E-state index contributed by atoms with van der Waals surface area (Å²) in [6.45, 7) is 5.29. The van der Waals surface area contributed by atoms with Gasteiger partial charge < -0.3 is 14.4 Å².